The van der Waals surface area contributed by atoms with Crippen LogP contribution in [0.3, 0.4) is 0 Å². The van der Waals surface area contributed by atoms with Crippen molar-refractivity contribution < 1.29 is 39.6 Å². The fourth-order valence-corrected chi connectivity index (χ4v) is 3.15. The van der Waals surface area contributed by atoms with Gasteiger partial charge in [0.15, 0.2) is 0 Å². The molecule has 0 radical (unpaired) electrons. The van der Waals surface area contributed by atoms with Crippen molar-refractivity contribution in [1.29, 1.82) is 0 Å². The molecular weight excluding hydrogens is 370 g/mol. The van der Waals surface area contributed by atoms with E-state index in [1.54, 1.807) is 6.92 Å². The average Bonchev–Trinajstić information content (AvgIpc) is 2.50. The van der Waals surface area contributed by atoms with Crippen LogP contribution in [0.4, 0.5) is 26.3 Å². The van der Waals surface area contributed by atoms with Gasteiger partial charge in [-0.05, 0) is 49.9 Å². The third-order valence-corrected chi connectivity index (χ3v) is 4.91. The van der Waals surface area contributed by atoms with Crippen LogP contribution in [0.2, 0.25) is 0 Å². The van der Waals surface area contributed by atoms with E-state index in [-0.39, 0.29) is 24.2 Å². The Morgan fingerprint density at radius 1 is 0.920 bits per heavy atom. The van der Waals surface area contributed by atoms with E-state index in [2.05, 4.69) is 0 Å². The van der Waals surface area contributed by atoms with E-state index >= 15 is 0 Å². The molecule has 3 nitrogen and oxygen atoms in total. The highest BCUT2D eigenvalue weighted by molar-refractivity contribution is 6.36. The highest BCUT2D eigenvalue weighted by Crippen LogP contribution is 2.36. The lowest BCUT2D eigenvalue weighted by atomic mass is 10.00. The minimum absolute atomic E-state index is 0.0124. The van der Waals surface area contributed by atoms with E-state index in [0.29, 0.717) is 12.8 Å². The van der Waals surface area contributed by atoms with Crippen LogP contribution < -0.4 is 0 Å². The fraction of sp³-hybridized carbons (Fsp3) is 0.600. The van der Waals surface area contributed by atoms with Crippen LogP contribution in [-0.4, -0.2) is 29.9 Å². The molecule has 0 aliphatic carbocycles. The minimum Gasteiger partial charge on any atom is -0.379 e. The third kappa shape index (κ3) is 7.34. The van der Waals surface area contributed by atoms with E-state index in [4.69, 9.17) is 13.3 Å². The molecule has 1 atom stereocenters. The van der Waals surface area contributed by atoms with E-state index in [9.17, 15) is 26.3 Å². The van der Waals surface area contributed by atoms with Crippen LogP contribution >= 0.6 is 0 Å². The Labute approximate surface area is 143 Å². The predicted molar refractivity (Wildman–Crippen MR) is 81.1 cm³/mol. The number of hydrogen-bond donors (Lipinski definition) is 0. The van der Waals surface area contributed by atoms with Gasteiger partial charge in [-0.1, -0.05) is 0 Å². The largest absolute Gasteiger partial charge is 0.483 e. The van der Waals surface area contributed by atoms with Crippen LogP contribution in [-0.2, 0) is 32.1 Å². The van der Waals surface area contributed by atoms with Gasteiger partial charge in [0.25, 0.3) is 0 Å². The first kappa shape index (κ1) is 21.9. The van der Waals surface area contributed by atoms with Gasteiger partial charge in [-0.3, -0.25) is 0 Å². The topological polar surface area (TPSA) is 27.7 Å². The number of halogens is 6. The number of aryl methyl sites for hydroxylation is 1. The fourth-order valence-electron chi connectivity index (χ4n) is 2.22. The first-order valence-corrected chi connectivity index (χ1v) is 8.88. The number of alkyl halides is 6. The van der Waals surface area contributed by atoms with Gasteiger partial charge in [-0.25, -0.2) is 0 Å². The minimum atomic E-state index is -4.83. The molecule has 0 heterocycles. The Morgan fingerprint density at radius 3 is 1.80 bits per heavy atom. The second-order valence-corrected chi connectivity index (χ2v) is 7.31. The van der Waals surface area contributed by atoms with Crippen LogP contribution in [0.1, 0.15) is 36.5 Å². The number of rotatable bonds is 8. The van der Waals surface area contributed by atoms with Gasteiger partial charge in [0.05, 0.1) is 11.1 Å². The van der Waals surface area contributed by atoms with E-state index in [1.807, 2.05) is 0 Å². The van der Waals surface area contributed by atoms with Crippen molar-refractivity contribution in [2.24, 2.45) is 0 Å². The van der Waals surface area contributed by atoms with Gasteiger partial charge >= 0.3 is 21.9 Å². The van der Waals surface area contributed by atoms with Gasteiger partial charge in [-0.15, -0.1) is 0 Å². The summed E-state index contributed by atoms with van der Waals surface area (Å²) in [5.41, 5.74) is -2.61. The van der Waals surface area contributed by atoms with Crippen LogP contribution in [0.5, 0.6) is 0 Å². The quantitative estimate of drug-likeness (QED) is 0.485. The molecule has 0 aliphatic heterocycles. The van der Waals surface area contributed by atoms with Gasteiger partial charge in [0.2, 0.25) is 0 Å². The monoisotopic (exact) mass is 390 g/mol. The maximum atomic E-state index is 12.8. The Balaban J connectivity index is 2.78. The lowest BCUT2D eigenvalue weighted by Crippen LogP contribution is -2.28. The number of benzene rings is 1. The first-order valence-electron chi connectivity index (χ1n) is 7.46. The summed E-state index contributed by atoms with van der Waals surface area (Å²) >= 11 is 0. The van der Waals surface area contributed by atoms with E-state index in [0.717, 1.165) is 12.1 Å². The van der Waals surface area contributed by atoms with Crippen LogP contribution in [0.25, 0.3) is 0 Å². The summed E-state index contributed by atoms with van der Waals surface area (Å²) in [6.45, 7) is 1.74. The molecule has 144 valence electrons. The Hall–Kier alpha value is -1.10. The molecule has 10 heteroatoms. The Kier molecular flexibility index (Phi) is 7.91. The van der Waals surface area contributed by atoms with Crippen LogP contribution in [0, 0.1) is 0 Å². The zero-order valence-corrected chi connectivity index (χ0v) is 15.2. The molecule has 1 unspecified atom stereocenters. The lowest BCUT2D eigenvalue weighted by molar-refractivity contribution is -0.143. The molecule has 25 heavy (non-hydrogen) atoms. The summed E-state index contributed by atoms with van der Waals surface area (Å²) in [5, 5.41) is 0. The second kappa shape index (κ2) is 9.02. The maximum Gasteiger partial charge on any atom is 0.483 e. The third-order valence-electron chi connectivity index (χ3n) is 3.45. The molecule has 0 spiro atoms. The molecule has 0 fully saturated rings. The zero-order valence-electron chi connectivity index (χ0n) is 14.0. The normalized spacial score (nSPS) is 14.2. The lowest BCUT2D eigenvalue weighted by Gasteiger charge is -2.18. The molecule has 0 aromatic heterocycles. The van der Waals surface area contributed by atoms with Crippen molar-refractivity contribution in [1.82, 2.24) is 0 Å². The SMILES string of the molecule is CO[SiH](OC)OC(C)CCCc1cc(C(F)(F)F)cc(C(F)(F)F)c1. The molecule has 1 aromatic carbocycles. The summed E-state index contributed by atoms with van der Waals surface area (Å²) in [6.07, 6.45) is -9.04. The van der Waals surface area contributed by atoms with Crippen molar-refractivity contribution in [3.05, 3.63) is 34.9 Å². The Morgan fingerprint density at radius 2 is 1.40 bits per heavy atom. The molecule has 0 saturated carbocycles. The predicted octanol–water partition coefficient (Wildman–Crippen LogP) is 4.46. The van der Waals surface area contributed by atoms with Crippen LogP contribution in [0.15, 0.2) is 18.2 Å². The standard InChI is InChI=1S/C15H20F6O3Si/c1-10(24-25(22-2)23-3)5-4-6-11-7-12(14(16,17)18)9-13(8-11)15(19,20)21/h7-10,25H,4-6H2,1-3H3. The van der Waals surface area contributed by atoms with Gasteiger partial charge in [-0.2, -0.15) is 26.3 Å². The summed E-state index contributed by atoms with van der Waals surface area (Å²) < 4.78 is 92.2. The maximum absolute atomic E-state index is 12.8. The average molecular weight is 390 g/mol. The summed E-state index contributed by atoms with van der Waals surface area (Å²) in [5.74, 6) is 0. The zero-order chi connectivity index (χ0) is 19.3. The first-order chi connectivity index (χ1) is 11.5. The smallest absolute Gasteiger partial charge is 0.379 e. The number of hydrogen-bond acceptors (Lipinski definition) is 3. The summed E-state index contributed by atoms with van der Waals surface area (Å²) in [7, 11) is 0.652. The molecule has 0 amide bonds. The molecule has 1 aromatic rings. The van der Waals surface area contributed by atoms with Crippen molar-refractivity contribution in [2.75, 3.05) is 14.2 Å². The summed E-state index contributed by atoms with van der Waals surface area (Å²) in [6, 6.07) is 1.63. The van der Waals surface area contributed by atoms with Crippen molar-refractivity contribution in [3.63, 3.8) is 0 Å². The molecule has 0 N–H and O–H groups in total. The van der Waals surface area contributed by atoms with E-state index in [1.165, 1.54) is 14.2 Å². The molecular formula is C15H20F6O3Si. The highest BCUT2D eigenvalue weighted by atomic mass is 28.3. The van der Waals surface area contributed by atoms with Crippen molar-refractivity contribution in [3.8, 4) is 0 Å². The molecule has 1 rings (SSSR count). The second-order valence-electron chi connectivity index (χ2n) is 5.51. The Bertz CT molecular complexity index is 511. The molecule has 0 saturated heterocycles. The molecule has 0 bridgehead atoms. The van der Waals surface area contributed by atoms with Gasteiger partial charge in [0.1, 0.15) is 0 Å². The van der Waals surface area contributed by atoms with Gasteiger partial charge in [0, 0.05) is 20.3 Å². The molecule has 0 aliphatic rings. The van der Waals surface area contributed by atoms with Crippen molar-refractivity contribution >= 4 is 9.53 Å². The van der Waals surface area contributed by atoms with Gasteiger partial charge < -0.3 is 13.3 Å². The van der Waals surface area contributed by atoms with E-state index < -0.39 is 33.0 Å². The summed E-state index contributed by atoms with van der Waals surface area (Å²) in [4.78, 5) is 0. The highest BCUT2D eigenvalue weighted by Gasteiger charge is 2.36. The van der Waals surface area contributed by atoms with Crippen molar-refractivity contribution in [2.45, 2.75) is 44.6 Å².